The number of anilines is 3. The van der Waals surface area contributed by atoms with Crippen molar-refractivity contribution < 1.29 is 14.6 Å². The smallest absolute Gasteiger partial charge is 0.322 e. The molecule has 0 unspecified atom stereocenters. The van der Waals surface area contributed by atoms with Gasteiger partial charge in [-0.1, -0.05) is 0 Å². The van der Waals surface area contributed by atoms with Gasteiger partial charge in [-0.15, -0.1) is 0 Å². The molecule has 8 nitrogen and oxygen atoms in total. The average molecular weight is 365 g/mol. The molecule has 0 saturated carbocycles. The fraction of sp³-hybridized carbons (Fsp3) is 0.158. The van der Waals surface area contributed by atoms with Crippen LogP contribution >= 0.6 is 0 Å². The first-order chi connectivity index (χ1) is 13.1. The summed E-state index contributed by atoms with van der Waals surface area (Å²) in [5.41, 5.74) is 2.24. The van der Waals surface area contributed by atoms with E-state index < -0.39 is 5.97 Å². The first-order valence-corrected chi connectivity index (χ1v) is 8.39. The number of nitrogens with zero attached hydrogens (tertiary/aromatic N) is 3. The predicted molar refractivity (Wildman–Crippen MR) is 102 cm³/mol. The largest absolute Gasteiger partial charge is 0.494 e. The summed E-state index contributed by atoms with van der Waals surface area (Å²) in [6, 6.07) is 12.9. The van der Waals surface area contributed by atoms with Crippen molar-refractivity contribution in [2.75, 3.05) is 23.8 Å². The molecule has 0 atom stereocenters. The van der Waals surface area contributed by atoms with Crippen LogP contribution in [0, 0.1) is 0 Å². The molecule has 1 aromatic carbocycles. The lowest BCUT2D eigenvalue weighted by Gasteiger charge is -2.11. The van der Waals surface area contributed by atoms with Gasteiger partial charge in [0.25, 0.3) is 0 Å². The van der Waals surface area contributed by atoms with Gasteiger partial charge in [0.1, 0.15) is 18.1 Å². The van der Waals surface area contributed by atoms with Gasteiger partial charge in [0, 0.05) is 29.7 Å². The fourth-order valence-corrected chi connectivity index (χ4v) is 2.36. The van der Waals surface area contributed by atoms with Gasteiger partial charge in [-0.25, -0.2) is 4.98 Å². The monoisotopic (exact) mass is 365 g/mol. The number of rotatable bonds is 8. The van der Waals surface area contributed by atoms with Crippen molar-refractivity contribution in [1.82, 2.24) is 15.0 Å². The van der Waals surface area contributed by atoms with Crippen molar-refractivity contribution in [1.29, 1.82) is 0 Å². The van der Waals surface area contributed by atoms with Crippen molar-refractivity contribution in [2.24, 2.45) is 0 Å². The van der Waals surface area contributed by atoms with E-state index in [1.165, 1.54) is 0 Å². The van der Waals surface area contributed by atoms with Crippen LogP contribution in [0.25, 0.3) is 11.3 Å². The van der Waals surface area contributed by atoms with E-state index in [2.05, 4.69) is 25.6 Å². The van der Waals surface area contributed by atoms with Gasteiger partial charge in [-0.2, -0.15) is 4.98 Å². The Kier molecular flexibility index (Phi) is 5.78. The number of aromatic nitrogens is 3. The Hall–Kier alpha value is -3.68. The molecule has 0 aliphatic heterocycles. The summed E-state index contributed by atoms with van der Waals surface area (Å²) in [6.45, 7) is 2.25. The summed E-state index contributed by atoms with van der Waals surface area (Å²) in [5, 5.41) is 14.8. The third-order valence-electron chi connectivity index (χ3n) is 3.52. The summed E-state index contributed by atoms with van der Waals surface area (Å²) < 4.78 is 5.44. The van der Waals surface area contributed by atoms with Gasteiger partial charge in [0.2, 0.25) is 5.95 Å². The molecule has 3 rings (SSSR count). The fourth-order valence-electron chi connectivity index (χ4n) is 2.36. The number of hydrogen-bond acceptors (Lipinski definition) is 7. The second kappa shape index (κ2) is 8.61. The zero-order valence-electron chi connectivity index (χ0n) is 14.7. The van der Waals surface area contributed by atoms with Crippen LogP contribution < -0.4 is 15.4 Å². The average Bonchev–Trinajstić information content (AvgIpc) is 2.69. The van der Waals surface area contributed by atoms with Crippen LogP contribution in [0.1, 0.15) is 6.92 Å². The molecule has 0 aliphatic carbocycles. The van der Waals surface area contributed by atoms with Gasteiger partial charge in [-0.3, -0.25) is 9.78 Å². The number of ether oxygens (including phenoxy) is 1. The molecule has 0 fully saturated rings. The first kappa shape index (κ1) is 18.1. The minimum Gasteiger partial charge on any atom is -0.494 e. The molecule has 0 radical (unpaired) electrons. The number of carboxylic acid groups (broad SMARTS) is 1. The normalized spacial score (nSPS) is 10.3. The van der Waals surface area contributed by atoms with Gasteiger partial charge in [0.15, 0.2) is 0 Å². The van der Waals surface area contributed by atoms with Crippen molar-refractivity contribution in [3.8, 4) is 17.0 Å². The zero-order valence-corrected chi connectivity index (χ0v) is 14.7. The maximum Gasteiger partial charge on any atom is 0.322 e. The third kappa shape index (κ3) is 5.15. The molecule has 8 heteroatoms. The summed E-state index contributed by atoms with van der Waals surface area (Å²) in [5.74, 6) is 0.532. The predicted octanol–water partition coefficient (Wildman–Crippen LogP) is 3.18. The molecule has 27 heavy (non-hydrogen) atoms. The lowest BCUT2D eigenvalue weighted by atomic mass is 10.2. The van der Waals surface area contributed by atoms with E-state index >= 15 is 0 Å². The van der Waals surface area contributed by atoms with E-state index in [1.807, 2.05) is 37.3 Å². The highest BCUT2D eigenvalue weighted by atomic mass is 16.5. The topological polar surface area (TPSA) is 109 Å². The second-order valence-electron chi connectivity index (χ2n) is 5.53. The number of nitrogens with one attached hydrogen (secondary N) is 2. The molecule has 2 heterocycles. The van der Waals surface area contributed by atoms with E-state index in [9.17, 15) is 4.79 Å². The van der Waals surface area contributed by atoms with Crippen molar-refractivity contribution >= 4 is 23.4 Å². The Morgan fingerprint density at radius 2 is 2.00 bits per heavy atom. The van der Waals surface area contributed by atoms with Gasteiger partial charge >= 0.3 is 5.97 Å². The van der Waals surface area contributed by atoms with Crippen LogP contribution in [-0.4, -0.2) is 39.2 Å². The maximum atomic E-state index is 10.8. The van der Waals surface area contributed by atoms with Crippen LogP contribution in [0.4, 0.5) is 17.5 Å². The number of aliphatic carboxylic acids is 1. The Balaban J connectivity index is 1.88. The summed E-state index contributed by atoms with van der Waals surface area (Å²) in [6.07, 6.45) is 3.36. The Labute approximate surface area is 156 Å². The molecule has 0 amide bonds. The molecule has 138 valence electrons. The quantitative estimate of drug-likeness (QED) is 0.558. The highest BCUT2D eigenvalue weighted by Crippen LogP contribution is 2.24. The van der Waals surface area contributed by atoms with E-state index in [1.54, 1.807) is 24.5 Å². The third-order valence-corrected chi connectivity index (χ3v) is 3.52. The molecule has 0 bridgehead atoms. The lowest BCUT2D eigenvalue weighted by Crippen LogP contribution is -2.15. The van der Waals surface area contributed by atoms with E-state index in [-0.39, 0.29) is 12.5 Å². The van der Waals surface area contributed by atoms with Crippen LogP contribution in [0.15, 0.2) is 54.9 Å². The van der Waals surface area contributed by atoms with Crippen LogP contribution in [0.5, 0.6) is 5.75 Å². The zero-order chi connectivity index (χ0) is 19.1. The van der Waals surface area contributed by atoms with Crippen LogP contribution in [0.2, 0.25) is 0 Å². The van der Waals surface area contributed by atoms with Crippen molar-refractivity contribution in [3.05, 3.63) is 54.9 Å². The minimum atomic E-state index is -0.994. The Morgan fingerprint density at radius 1 is 1.19 bits per heavy atom. The van der Waals surface area contributed by atoms with Gasteiger partial charge < -0.3 is 20.5 Å². The standard InChI is InChI=1S/C19H19N5O3/c1-2-27-15-7-5-14(6-8-15)22-17-10-16(13-4-3-9-20-11-13)23-19(24-17)21-12-18(25)26/h3-11H,2,12H2,1H3,(H,25,26)(H2,21,22,23,24). The van der Waals surface area contributed by atoms with Crippen molar-refractivity contribution in [2.45, 2.75) is 6.92 Å². The second-order valence-corrected chi connectivity index (χ2v) is 5.53. The molecule has 0 spiro atoms. The van der Waals surface area contributed by atoms with Crippen LogP contribution in [-0.2, 0) is 4.79 Å². The van der Waals surface area contributed by atoms with E-state index in [0.717, 1.165) is 17.0 Å². The number of benzene rings is 1. The number of hydrogen-bond donors (Lipinski definition) is 3. The van der Waals surface area contributed by atoms with Gasteiger partial charge in [0.05, 0.1) is 12.3 Å². The molecule has 0 saturated heterocycles. The summed E-state index contributed by atoms with van der Waals surface area (Å²) in [7, 11) is 0. The molecular weight excluding hydrogens is 346 g/mol. The highest BCUT2D eigenvalue weighted by molar-refractivity contribution is 5.73. The summed E-state index contributed by atoms with van der Waals surface area (Å²) >= 11 is 0. The minimum absolute atomic E-state index is 0.215. The first-order valence-electron chi connectivity index (χ1n) is 8.39. The number of carbonyl (C=O) groups is 1. The molecular formula is C19H19N5O3. The van der Waals surface area contributed by atoms with E-state index in [4.69, 9.17) is 9.84 Å². The van der Waals surface area contributed by atoms with Crippen LogP contribution in [0.3, 0.4) is 0 Å². The Bertz CT molecular complexity index is 901. The summed E-state index contributed by atoms with van der Waals surface area (Å²) in [4.78, 5) is 23.6. The van der Waals surface area contributed by atoms with Gasteiger partial charge in [-0.05, 0) is 43.3 Å². The lowest BCUT2D eigenvalue weighted by molar-refractivity contribution is -0.134. The number of carboxylic acids is 1. The number of pyridine rings is 1. The maximum absolute atomic E-state index is 10.8. The molecule has 0 aliphatic rings. The molecule has 2 aromatic heterocycles. The molecule has 3 aromatic rings. The van der Waals surface area contributed by atoms with Crippen molar-refractivity contribution in [3.63, 3.8) is 0 Å². The Morgan fingerprint density at radius 3 is 2.67 bits per heavy atom. The highest BCUT2D eigenvalue weighted by Gasteiger charge is 2.09. The SMILES string of the molecule is CCOc1ccc(Nc2cc(-c3cccnc3)nc(NCC(=O)O)n2)cc1. The van der Waals surface area contributed by atoms with E-state index in [0.29, 0.717) is 18.1 Å². The molecule has 3 N–H and O–H groups in total.